The first-order chi connectivity index (χ1) is 10.0. The third-order valence-corrected chi connectivity index (χ3v) is 4.69. The van der Waals surface area contributed by atoms with Gasteiger partial charge >= 0.3 is 5.97 Å². The Morgan fingerprint density at radius 2 is 2.24 bits per heavy atom. The van der Waals surface area contributed by atoms with Crippen molar-refractivity contribution < 1.29 is 9.90 Å². The summed E-state index contributed by atoms with van der Waals surface area (Å²) in [6.45, 7) is 2.95. The van der Waals surface area contributed by atoms with Crippen molar-refractivity contribution in [2.75, 3.05) is 6.54 Å². The van der Waals surface area contributed by atoms with E-state index < -0.39 is 12.0 Å². The van der Waals surface area contributed by atoms with E-state index >= 15 is 0 Å². The van der Waals surface area contributed by atoms with Crippen molar-refractivity contribution in [3.8, 4) is 0 Å². The first-order valence-electron chi connectivity index (χ1n) is 7.48. The van der Waals surface area contributed by atoms with Crippen LogP contribution in [-0.4, -0.2) is 28.6 Å². The van der Waals surface area contributed by atoms with E-state index in [0.29, 0.717) is 16.5 Å². The average molecular weight is 330 g/mol. The lowest BCUT2D eigenvalue weighted by Gasteiger charge is -2.32. The third kappa shape index (κ3) is 3.91. The number of carboxylic acid groups (broad SMARTS) is 1. The Kier molecular flexibility index (Phi) is 5.91. The highest BCUT2D eigenvalue weighted by Crippen LogP contribution is 2.37. The molecule has 2 unspecified atom stereocenters. The van der Waals surface area contributed by atoms with Gasteiger partial charge in [-0.15, -0.1) is 0 Å². The van der Waals surface area contributed by atoms with Crippen LogP contribution in [-0.2, 0) is 4.79 Å². The normalized spacial score (nSPS) is 20.6. The summed E-state index contributed by atoms with van der Waals surface area (Å²) in [6.07, 6.45) is 4.68. The fraction of sp³-hybridized carbons (Fsp3) is 0.562. The number of unbranched alkanes of at least 4 members (excludes halogenated alkanes) is 1. The van der Waals surface area contributed by atoms with Crippen LogP contribution in [0.5, 0.6) is 0 Å². The Labute approximate surface area is 135 Å². The van der Waals surface area contributed by atoms with E-state index in [1.165, 1.54) is 0 Å². The highest BCUT2D eigenvalue weighted by molar-refractivity contribution is 6.35. The molecule has 5 heteroatoms. The quantitative estimate of drug-likeness (QED) is 0.816. The van der Waals surface area contributed by atoms with Crippen LogP contribution in [0.2, 0.25) is 10.0 Å². The van der Waals surface area contributed by atoms with Crippen LogP contribution < -0.4 is 0 Å². The zero-order chi connectivity index (χ0) is 15.4. The molecule has 0 saturated carbocycles. The Balaban J connectivity index is 2.31. The summed E-state index contributed by atoms with van der Waals surface area (Å²) in [4.78, 5) is 13.6. The average Bonchev–Trinajstić information content (AvgIpc) is 2.90. The molecule has 1 aliphatic rings. The lowest BCUT2D eigenvalue weighted by atomic mass is 9.98. The highest BCUT2D eigenvalue weighted by Gasteiger charge is 2.36. The van der Waals surface area contributed by atoms with Crippen molar-refractivity contribution in [1.29, 1.82) is 0 Å². The Hall–Kier alpha value is -0.770. The van der Waals surface area contributed by atoms with Gasteiger partial charge in [-0.05, 0) is 43.5 Å². The monoisotopic (exact) mass is 329 g/mol. The second-order valence-corrected chi connectivity index (χ2v) is 6.40. The van der Waals surface area contributed by atoms with Gasteiger partial charge in [-0.1, -0.05) is 49.0 Å². The lowest BCUT2D eigenvalue weighted by molar-refractivity contribution is -0.143. The second-order valence-electron chi connectivity index (χ2n) is 5.56. The minimum Gasteiger partial charge on any atom is -0.480 e. The highest BCUT2D eigenvalue weighted by atomic mass is 35.5. The maximum Gasteiger partial charge on any atom is 0.320 e. The number of halogens is 2. The van der Waals surface area contributed by atoms with Gasteiger partial charge in [0.2, 0.25) is 0 Å². The summed E-state index contributed by atoms with van der Waals surface area (Å²) in [5.74, 6) is -0.737. The standard InChI is InChI=1S/C16H21Cl2NO2/c1-2-3-5-14(12-8-7-11(17)10-13(12)18)19-9-4-6-15(19)16(20)21/h7-8,10,14-15H,2-6,9H2,1H3,(H,20,21). The SMILES string of the molecule is CCCCC(c1ccc(Cl)cc1Cl)N1CCCC1C(=O)O. The van der Waals surface area contributed by atoms with Gasteiger partial charge < -0.3 is 5.11 Å². The van der Waals surface area contributed by atoms with Gasteiger partial charge in [0.1, 0.15) is 6.04 Å². The molecule has 0 aromatic heterocycles. The van der Waals surface area contributed by atoms with E-state index in [9.17, 15) is 9.90 Å². The minimum atomic E-state index is -0.737. The van der Waals surface area contributed by atoms with Crippen LogP contribution >= 0.6 is 23.2 Å². The molecule has 0 spiro atoms. The molecule has 116 valence electrons. The Morgan fingerprint density at radius 3 is 2.86 bits per heavy atom. The molecule has 2 atom stereocenters. The van der Waals surface area contributed by atoms with Crippen LogP contribution in [0.1, 0.15) is 50.6 Å². The van der Waals surface area contributed by atoms with Crippen molar-refractivity contribution >= 4 is 29.2 Å². The Bertz CT molecular complexity index is 507. The molecule has 0 amide bonds. The molecule has 3 nitrogen and oxygen atoms in total. The van der Waals surface area contributed by atoms with E-state index in [1.807, 2.05) is 12.1 Å². The minimum absolute atomic E-state index is 0.0540. The number of carbonyl (C=O) groups is 1. The first kappa shape index (κ1) is 16.6. The number of hydrogen-bond donors (Lipinski definition) is 1. The van der Waals surface area contributed by atoms with E-state index in [1.54, 1.807) is 6.07 Å². The molecule has 1 N–H and O–H groups in total. The van der Waals surface area contributed by atoms with Crippen molar-refractivity contribution in [1.82, 2.24) is 4.90 Å². The molecule has 1 aromatic carbocycles. The molecule has 1 fully saturated rings. The van der Waals surface area contributed by atoms with Crippen molar-refractivity contribution in [2.24, 2.45) is 0 Å². The number of carboxylic acids is 1. The van der Waals surface area contributed by atoms with E-state index in [4.69, 9.17) is 23.2 Å². The summed E-state index contributed by atoms with van der Waals surface area (Å²) in [6, 6.07) is 5.15. The zero-order valence-corrected chi connectivity index (χ0v) is 13.7. The largest absolute Gasteiger partial charge is 0.480 e. The number of benzene rings is 1. The van der Waals surface area contributed by atoms with Crippen LogP contribution in [0, 0.1) is 0 Å². The fourth-order valence-electron chi connectivity index (χ4n) is 3.10. The maximum absolute atomic E-state index is 11.5. The summed E-state index contributed by atoms with van der Waals surface area (Å²) in [5, 5.41) is 10.7. The molecule has 21 heavy (non-hydrogen) atoms. The smallest absolute Gasteiger partial charge is 0.320 e. The van der Waals surface area contributed by atoms with Gasteiger partial charge in [-0.2, -0.15) is 0 Å². The molecule has 0 bridgehead atoms. The van der Waals surface area contributed by atoms with Gasteiger partial charge in [0.15, 0.2) is 0 Å². The molecule has 1 aromatic rings. The van der Waals surface area contributed by atoms with E-state index in [-0.39, 0.29) is 6.04 Å². The van der Waals surface area contributed by atoms with Gasteiger partial charge in [0.05, 0.1) is 0 Å². The lowest BCUT2D eigenvalue weighted by Crippen LogP contribution is -2.38. The number of aliphatic carboxylic acids is 1. The fourth-order valence-corrected chi connectivity index (χ4v) is 3.63. The number of nitrogens with zero attached hydrogens (tertiary/aromatic N) is 1. The van der Waals surface area contributed by atoms with E-state index in [0.717, 1.165) is 37.8 Å². The van der Waals surface area contributed by atoms with Crippen LogP contribution in [0.25, 0.3) is 0 Å². The van der Waals surface area contributed by atoms with Gasteiger partial charge in [-0.3, -0.25) is 9.69 Å². The van der Waals surface area contributed by atoms with Crippen LogP contribution in [0.4, 0.5) is 0 Å². The summed E-state index contributed by atoms with van der Waals surface area (Å²) >= 11 is 12.3. The number of likely N-dealkylation sites (tertiary alicyclic amines) is 1. The van der Waals surface area contributed by atoms with Gasteiger partial charge in [-0.25, -0.2) is 0 Å². The van der Waals surface area contributed by atoms with Gasteiger partial charge in [0.25, 0.3) is 0 Å². The van der Waals surface area contributed by atoms with Crippen molar-refractivity contribution in [3.63, 3.8) is 0 Å². The maximum atomic E-state index is 11.5. The van der Waals surface area contributed by atoms with Gasteiger partial charge in [0, 0.05) is 16.1 Å². The molecule has 1 saturated heterocycles. The van der Waals surface area contributed by atoms with E-state index in [2.05, 4.69) is 11.8 Å². The number of hydrogen-bond acceptors (Lipinski definition) is 2. The molecule has 0 aliphatic carbocycles. The molecular formula is C16H21Cl2NO2. The van der Waals surface area contributed by atoms with Crippen LogP contribution in [0.15, 0.2) is 18.2 Å². The summed E-state index contributed by atoms with van der Waals surface area (Å²) in [7, 11) is 0. The summed E-state index contributed by atoms with van der Waals surface area (Å²) < 4.78 is 0. The third-order valence-electron chi connectivity index (χ3n) is 4.13. The topological polar surface area (TPSA) is 40.5 Å². The predicted octanol–water partition coefficient (Wildman–Crippen LogP) is 4.77. The molecule has 2 rings (SSSR count). The first-order valence-corrected chi connectivity index (χ1v) is 8.23. The van der Waals surface area contributed by atoms with Crippen molar-refractivity contribution in [2.45, 2.75) is 51.1 Å². The zero-order valence-electron chi connectivity index (χ0n) is 12.2. The van der Waals surface area contributed by atoms with Crippen molar-refractivity contribution in [3.05, 3.63) is 33.8 Å². The summed E-state index contributed by atoms with van der Waals surface area (Å²) in [5.41, 5.74) is 0.989. The predicted molar refractivity (Wildman–Crippen MR) is 86.1 cm³/mol. The molecular weight excluding hydrogens is 309 g/mol. The van der Waals surface area contributed by atoms with Crippen LogP contribution in [0.3, 0.4) is 0 Å². The molecule has 1 aliphatic heterocycles. The Morgan fingerprint density at radius 1 is 1.48 bits per heavy atom. The molecule has 0 radical (unpaired) electrons. The molecule has 1 heterocycles. The number of rotatable bonds is 6. The second kappa shape index (κ2) is 7.48.